The van der Waals surface area contributed by atoms with Crippen LogP contribution in [0.4, 0.5) is 0 Å². The largest absolute Gasteiger partial charge is 0.496 e. The zero-order valence-corrected chi connectivity index (χ0v) is 12.0. The van der Waals surface area contributed by atoms with Gasteiger partial charge in [0.15, 0.2) is 0 Å². The second kappa shape index (κ2) is 5.93. The SMILES string of the molecule is COc1ccc(CNC(C)(C)C(=O)O)c(OC)c1C. The summed E-state index contributed by atoms with van der Waals surface area (Å²) in [5, 5.41) is 12.1. The number of methoxy groups -OCH3 is 2. The summed E-state index contributed by atoms with van der Waals surface area (Å²) < 4.78 is 10.6. The van der Waals surface area contributed by atoms with Crippen LogP contribution in [-0.4, -0.2) is 30.8 Å². The van der Waals surface area contributed by atoms with Gasteiger partial charge in [0.1, 0.15) is 17.0 Å². The number of carboxylic acids is 1. The molecule has 0 saturated heterocycles. The van der Waals surface area contributed by atoms with E-state index in [1.807, 2.05) is 19.1 Å². The van der Waals surface area contributed by atoms with Crippen molar-refractivity contribution in [1.82, 2.24) is 5.32 Å². The van der Waals surface area contributed by atoms with Crippen molar-refractivity contribution in [3.63, 3.8) is 0 Å². The van der Waals surface area contributed by atoms with E-state index in [1.165, 1.54) is 0 Å². The van der Waals surface area contributed by atoms with Crippen molar-refractivity contribution in [3.8, 4) is 11.5 Å². The van der Waals surface area contributed by atoms with Crippen LogP contribution in [0.15, 0.2) is 12.1 Å². The van der Waals surface area contributed by atoms with Gasteiger partial charge >= 0.3 is 5.97 Å². The van der Waals surface area contributed by atoms with Gasteiger partial charge in [0, 0.05) is 17.7 Å². The van der Waals surface area contributed by atoms with Crippen molar-refractivity contribution in [2.45, 2.75) is 32.9 Å². The van der Waals surface area contributed by atoms with E-state index in [0.29, 0.717) is 12.3 Å². The highest BCUT2D eigenvalue weighted by molar-refractivity contribution is 5.77. The molecule has 19 heavy (non-hydrogen) atoms. The highest BCUT2D eigenvalue weighted by Gasteiger charge is 2.26. The molecule has 0 heterocycles. The van der Waals surface area contributed by atoms with Crippen molar-refractivity contribution in [2.24, 2.45) is 0 Å². The number of aliphatic carboxylic acids is 1. The molecule has 106 valence electrons. The van der Waals surface area contributed by atoms with Crippen LogP contribution < -0.4 is 14.8 Å². The number of nitrogens with one attached hydrogen (secondary N) is 1. The molecule has 5 heteroatoms. The predicted molar refractivity (Wildman–Crippen MR) is 72.8 cm³/mol. The second-order valence-electron chi connectivity index (χ2n) is 4.87. The van der Waals surface area contributed by atoms with Crippen LogP contribution in [0.2, 0.25) is 0 Å². The van der Waals surface area contributed by atoms with Gasteiger partial charge in [-0.05, 0) is 26.8 Å². The summed E-state index contributed by atoms with van der Waals surface area (Å²) in [4.78, 5) is 11.1. The van der Waals surface area contributed by atoms with Crippen LogP contribution in [0.3, 0.4) is 0 Å². The molecule has 1 aromatic rings. The smallest absolute Gasteiger partial charge is 0.323 e. The van der Waals surface area contributed by atoms with Crippen LogP contribution in [0, 0.1) is 6.92 Å². The third-order valence-electron chi connectivity index (χ3n) is 3.12. The van der Waals surface area contributed by atoms with Gasteiger partial charge in [-0.3, -0.25) is 10.1 Å². The highest BCUT2D eigenvalue weighted by Crippen LogP contribution is 2.31. The number of carboxylic acid groups (broad SMARTS) is 1. The molecule has 2 N–H and O–H groups in total. The first kappa shape index (κ1) is 15.3. The van der Waals surface area contributed by atoms with Crippen LogP contribution in [0.1, 0.15) is 25.0 Å². The third-order valence-corrected chi connectivity index (χ3v) is 3.12. The summed E-state index contributed by atoms with van der Waals surface area (Å²) in [6, 6.07) is 3.72. The van der Waals surface area contributed by atoms with E-state index in [4.69, 9.17) is 14.6 Å². The molecular weight excluding hydrogens is 246 g/mol. The Labute approximate surface area is 113 Å². The monoisotopic (exact) mass is 267 g/mol. The molecule has 0 amide bonds. The average Bonchev–Trinajstić information content (AvgIpc) is 2.36. The maximum absolute atomic E-state index is 11.1. The second-order valence-corrected chi connectivity index (χ2v) is 4.87. The first-order chi connectivity index (χ1) is 8.83. The molecule has 0 unspecified atom stereocenters. The molecule has 1 aromatic carbocycles. The van der Waals surface area contributed by atoms with E-state index in [1.54, 1.807) is 28.1 Å². The molecule has 0 radical (unpaired) electrons. The summed E-state index contributed by atoms with van der Waals surface area (Å²) in [5.41, 5.74) is 0.811. The maximum atomic E-state index is 11.1. The van der Waals surface area contributed by atoms with Crippen LogP contribution in [0.5, 0.6) is 11.5 Å². The quantitative estimate of drug-likeness (QED) is 0.824. The third kappa shape index (κ3) is 3.38. The van der Waals surface area contributed by atoms with E-state index in [0.717, 1.165) is 16.9 Å². The van der Waals surface area contributed by atoms with E-state index in [9.17, 15) is 4.79 Å². The fourth-order valence-electron chi connectivity index (χ4n) is 1.77. The Kier molecular flexibility index (Phi) is 4.78. The minimum absolute atomic E-state index is 0.410. The molecule has 0 atom stereocenters. The van der Waals surface area contributed by atoms with Crippen molar-refractivity contribution in [1.29, 1.82) is 0 Å². The van der Waals surface area contributed by atoms with Gasteiger partial charge in [0.2, 0.25) is 0 Å². The van der Waals surface area contributed by atoms with Gasteiger partial charge in [-0.15, -0.1) is 0 Å². The first-order valence-electron chi connectivity index (χ1n) is 6.02. The van der Waals surface area contributed by atoms with Gasteiger partial charge < -0.3 is 14.6 Å². The van der Waals surface area contributed by atoms with Gasteiger partial charge in [-0.2, -0.15) is 0 Å². The van der Waals surface area contributed by atoms with Crippen molar-refractivity contribution in [2.75, 3.05) is 14.2 Å². The van der Waals surface area contributed by atoms with Crippen LogP contribution >= 0.6 is 0 Å². The maximum Gasteiger partial charge on any atom is 0.323 e. The highest BCUT2D eigenvalue weighted by atomic mass is 16.5. The number of hydrogen-bond donors (Lipinski definition) is 2. The Morgan fingerprint density at radius 3 is 2.42 bits per heavy atom. The first-order valence-corrected chi connectivity index (χ1v) is 6.02. The minimum atomic E-state index is -0.987. The lowest BCUT2D eigenvalue weighted by atomic mass is 10.0. The molecule has 0 saturated carbocycles. The summed E-state index contributed by atoms with van der Waals surface area (Å²) in [6.45, 7) is 5.56. The Balaban J connectivity index is 2.96. The van der Waals surface area contributed by atoms with E-state index >= 15 is 0 Å². The molecule has 5 nitrogen and oxygen atoms in total. The Morgan fingerprint density at radius 1 is 1.32 bits per heavy atom. The van der Waals surface area contributed by atoms with E-state index in [2.05, 4.69) is 5.32 Å². The van der Waals surface area contributed by atoms with Gasteiger partial charge in [-0.1, -0.05) is 6.07 Å². The molecule has 0 aliphatic rings. The zero-order chi connectivity index (χ0) is 14.6. The normalized spacial score (nSPS) is 11.2. The molecular formula is C14H21NO4. The number of ether oxygens (including phenoxy) is 2. The summed E-state index contributed by atoms with van der Waals surface area (Å²) >= 11 is 0. The number of hydrogen-bond acceptors (Lipinski definition) is 4. The van der Waals surface area contributed by atoms with Crippen molar-refractivity contribution >= 4 is 5.97 Å². The van der Waals surface area contributed by atoms with Gasteiger partial charge in [0.25, 0.3) is 0 Å². The number of rotatable bonds is 6. The van der Waals surface area contributed by atoms with Crippen molar-refractivity contribution < 1.29 is 19.4 Å². The van der Waals surface area contributed by atoms with E-state index < -0.39 is 11.5 Å². The average molecular weight is 267 g/mol. The summed E-state index contributed by atoms with van der Waals surface area (Å²) in [7, 11) is 3.20. The standard InChI is InChI=1S/C14H21NO4/c1-9-11(18-4)7-6-10(12(9)19-5)8-15-14(2,3)13(16)17/h6-7,15H,8H2,1-5H3,(H,16,17). The molecule has 0 bridgehead atoms. The molecule has 0 aromatic heterocycles. The topological polar surface area (TPSA) is 67.8 Å². The van der Waals surface area contributed by atoms with Gasteiger partial charge in [0.05, 0.1) is 14.2 Å². The Bertz CT molecular complexity index is 469. The Morgan fingerprint density at radius 2 is 1.95 bits per heavy atom. The van der Waals surface area contributed by atoms with Gasteiger partial charge in [-0.25, -0.2) is 0 Å². The molecule has 0 fully saturated rings. The fourth-order valence-corrected chi connectivity index (χ4v) is 1.77. The lowest BCUT2D eigenvalue weighted by molar-refractivity contribution is -0.143. The van der Waals surface area contributed by atoms with Crippen LogP contribution in [-0.2, 0) is 11.3 Å². The number of carbonyl (C=O) groups is 1. The van der Waals surface area contributed by atoms with E-state index in [-0.39, 0.29) is 0 Å². The number of benzene rings is 1. The molecule has 0 aliphatic carbocycles. The molecule has 0 spiro atoms. The summed E-state index contributed by atoms with van der Waals surface area (Å²) in [5.74, 6) is 0.572. The lowest BCUT2D eigenvalue weighted by Crippen LogP contribution is -2.46. The predicted octanol–water partition coefficient (Wildman–Crippen LogP) is 1.97. The summed E-state index contributed by atoms with van der Waals surface area (Å²) in [6.07, 6.45) is 0. The Hall–Kier alpha value is -1.75. The van der Waals surface area contributed by atoms with Crippen LogP contribution in [0.25, 0.3) is 0 Å². The zero-order valence-electron chi connectivity index (χ0n) is 12.0. The molecule has 0 aliphatic heterocycles. The minimum Gasteiger partial charge on any atom is -0.496 e. The molecule has 1 rings (SSSR count). The lowest BCUT2D eigenvalue weighted by Gasteiger charge is -2.22. The van der Waals surface area contributed by atoms with Crippen molar-refractivity contribution in [3.05, 3.63) is 23.3 Å². The fraction of sp³-hybridized carbons (Fsp3) is 0.500.